The van der Waals surface area contributed by atoms with Crippen molar-refractivity contribution in [2.45, 2.75) is 32.2 Å². The summed E-state index contributed by atoms with van der Waals surface area (Å²) in [6.45, 7) is 6.61. The Bertz CT molecular complexity index is 1220. The first-order valence-corrected chi connectivity index (χ1v) is 13.2. The molecule has 3 aromatic carbocycles. The normalized spacial score (nSPS) is 10.9. The molecule has 9 heteroatoms. The second-order valence-corrected chi connectivity index (χ2v) is 9.75. The highest BCUT2D eigenvalue weighted by molar-refractivity contribution is 9.10. The van der Waals surface area contributed by atoms with E-state index in [1.54, 1.807) is 16.4 Å². The summed E-state index contributed by atoms with van der Waals surface area (Å²) in [6.07, 6.45) is 0. The molecule has 0 radical (unpaired) electrons. The molecule has 0 spiro atoms. The summed E-state index contributed by atoms with van der Waals surface area (Å²) in [5.41, 5.74) is 4.41. The van der Waals surface area contributed by atoms with Crippen LogP contribution in [0.1, 0.15) is 23.6 Å². The first-order chi connectivity index (χ1) is 17.1. The Hall–Kier alpha value is -2.88. The number of ether oxygens (including phenoxy) is 2. The Morgan fingerprint density at radius 2 is 1.77 bits per heavy atom. The average molecular weight is 555 g/mol. The van der Waals surface area contributed by atoms with Gasteiger partial charge >= 0.3 is 0 Å². The molecule has 35 heavy (non-hydrogen) atoms. The summed E-state index contributed by atoms with van der Waals surface area (Å²) in [6, 6.07) is 22.3. The van der Waals surface area contributed by atoms with Crippen molar-refractivity contribution in [3.05, 3.63) is 87.9 Å². The van der Waals surface area contributed by atoms with Crippen LogP contribution in [-0.2, 0) is 13.2 Å². The predicted octanol–water partition coefficient (Wildman–Crippen LogP) is 5.59. The van der Waals surface area contributed by atoms with Crippen LogP contribution in [0.5, 0.6) is 11.5 Å². The molecular weight excluding hydrogens is 526 g/mol. The SMILES string of the molecule is CCOc1cc(CNCCSc2nnnn2-c2ccccc2)c(Br)cc1OCc1ccc(C)cc1. The van der Waals surface area contributed by atoms with Crippen LogP contribution in [0.4, 0.5) is 0 Å². The van der Waals surface area contributed by atoms with Gasteiger partial charge in [0.1, 0.15) is 6.61 Å². The van der Waals surface area contributed by atoms with E-state index in [2.05, 4.69) is 68.0 Å². The van der Waals surface area contributed by atoms with E-state index < -0.39 is 0 Å². The van der Waals surface area contributed by atoms with E-state index in [0.29, 0.717) is 19.8 Å². The van der Waals surface area contributed by atoms with Crippen LogP contribution in [0.15, 0.2) is 76.4 Å². The number of rotatable bonds is 12. The van der Waals surface area contributed by atoms with Crippen molar-refractivity contribution >= 4 is 27.7 Å². The fourth-order valence-corrected chi connectivity index (χ4v) is 4.63. The van der Waals surface area contributed by atoms with Crippen LogP contribution >= 0.6 is 27.7 Å². The summed E-state index contributed by atoms with van der Waals surface area (Å²) < 4.78 is 14.7. The van der Waals surface area contributed by atoms with Crippen molar-refractivity contribution in [2.75, 3.05) is 18.9 Å². The molecule has 1 heterocycles. The van der Waals surface area contributed by atoms with Crippen LogP contribution in [-0.4, -0.2) is 39.1 Å². The van der Waals surface area contributed by atoms with Gasteiger partial charge in [-0.15, -0.1) is 5.10 Å². The Kier molecular flexibility index (Phi) is 9.16. The lowest BCUT2D eigenvalue weighted by Gasteiger charge is -2.15. The van der Waals surface area contributed by atoms with Gasteiger partial charge in [-0.1, -0.05) is 75.7 Å². The largest absolute Gasteiger partial charge is 0.490 e. The van der Waals surface area contributed by atoms with Gasteiger partial charge in [0, 0.05) is 23.3 Å². The molecule has 7 nitrogen and oxygen atoms in total. The number of aromatic nitrogens is 4. The molecule has 4 aromatic rings. The van der Waals surface area contributed by atoms with Gasteiger partial charge in [-0.3, -0.25) is 0 Å². The Morgan fingerprint density at radius 1 is 1.00 bits per heavy atom. The molecule has 0 aliphatic carbocycles. The Labute approximate surface area is 218 Å². The number of aryl methyl sites for hydroxylation is 1. The minimum atomic E-state index is 0.490. The Morgan fingerprint density at radius 3 is 2.54 bits per heavy atom. The topological polar surface area (TPSA) is 74.1 Å². The second-order valence-electron chi connectivity index (χ2n) is 7.83. The summed E-state index contributed by atoms with van der Waals surface area (Å²) >= 11 is 5.31. The third kappa shape index (κ3) is 7.06. The fraction of sp³-hybridized carbons (Fsp3) is 0.269. The first kappa shape index (κ1) is 25.2. The van der Waals surface area contributed by atoms with Gasteiger partial charge in [-0.05, 0) is 59.7 Å². The smallest absolute Gasteiger partial charge is 0.214 e. The van der Waals surface area contributed by atoms with Crippen LogP contribution in [0.25, 0.3) is 5.69 Å². The highest BCUT2D eigenvalue weighted by Gasteiger charge is 2.12. The predicted molar refractivity (Wildman–Crippen MR) is 142 cm³/mol. The van der Waals surface area contributed by atoms with Crippen molar-refractivity contribution in [1.29, 1.82) is 0 Å². The average Bonchev–Trinajstić information content (AvgIpc) is 3.35. The number of hydrogen-bond acceptors (Lipinski definition) is 7. The van der Waals surface area contributed by atoms with Gasteiger partial charge in [-0.2, -0.15) is 4.68 Å². The van der Waals surface area contributed by atoms with E-state index >= 15 is 0 Å². The van der Waals surface area contributed by atoms with Crippen molar-refractivity contribution in [3.8, 4) is 17.2 Å². The van der Waals surface area contributed by atoms with E-state index in [1.165, 1.54) is 5.56 Å². The molecule has 0 saturated carbocycles. The molecule has 1 aromatic heterocycles. The zero-order valence-electron chi connectivity index (χ0n) is 19.8. The molecule has 0 aliphatic rings. The lowest BCUT2D eigenvalue weighted by molar-refractivity contribution is 0.269. The molecule has 0 bridgehead atoms. The number of para-hydroxylation sites is 1. The number of nitrogens with zero attached hydrogens (tertiary/aromatic N) is 4. The number of tetrazole rings is 1. The quantitative estimate of drug-likeness (QED) is 0.181. The van der Waals surface area contributed by atoms with E-state index in [0.717, 1.165) is 50.2 Å². The maximum absolute atomic E-state index is 6.08. The Balaban J connectivity index is 1.31. The van der Waals surface area contributed by atoms with Gasteiger partial charge in [0.25, 0.3) is 0 Å². The number of thioether (sulfide) groups is 1. The number of hydrogen-bond donors (Lipinski definition) is 1. The summed E-state index contributed by atoms with van der Waals surface area (Å²) in [5.74, 6) is 2.31. The second kappa shape index (κ2) is 12.7. The lowest BCUT2D eigenvalue weighted by Crippen LogP contribution is -2.17. The lowest BCUT2D eigenvalue weighted by atomic mass is 10.1. The van der Waals surface area contributed by atoms with E-state index in [4.69, 9.17) is 9.47 Å². The molecule has 0 atom stereocenters. The summed E-state index contributed by atoms with van der Waals surface area (Å²) in [5, 5.41) is 16.3. The van der Waals surface area contributed by atoms with Gasteiger partial charge in [0.15, 0.2) is 11.5 Å². The standard InChI is InChI=1S/C26H28BrN5O2S/c1-3-33-24-15-21(23(27)16-25(24)34-18-20-11-9-19(2)10-12-20)17-28-13-14-35-26-29-30-31-32(26)22-7-5-4-6-8-22/h4-12,15-16,28H,3,13-14,17-18H2,1-2H3. The molecule has 0 aliphatic heterocycles. The van der Waals surface area contributed by atoms with E-state index in [1.807, 2.05) is 49.4 Å². The van der Waals surface area contributed by atoms with Gasteiger partial charge < -0.3 is 14.8 Å². The van der Waals surface area contributed by atoms with Crippen LogP contribution in [0.2, 0.25) is 0 Å². The van der Waals surface area contributed by atoms with E-state index in [9.17, 15) is 0 Å². The van der Waals surface area contributed by atoms with Gasteiger partial charge in [0.2, 0.25) is 5.16 Å². The van der Waals surface area contributed by atoms with Crippen LogP contribution in [0, 0.1) is 6.92 Å². The molecule has 0 fully saturated rings. The summed E-state index contributed by atoms with van der Waals surface area (Å²) in [7, 11) is 0. The molecule has 0 unspecified atom stereocenters. The first-order valence-electron chi connectivity index (χ1n) is 11.4. The number of halogens is 1. The van der Waals surface area contributed by atoms with Crippen molar-refractivity contribution in [3.63, 3.8) is 0 Å². The minimum Gasteiger partial charge on any atom is -0.490 e. The van der Waals surface area contributed by atoms with Crippen molar-refractivity contribution in [2.24, 2.45) is 0 Å². The molecular formula is C26H28BrN5O2S. The van der Waals surface area contributed by atoms with Crippen molar-refractivity contribution < 1.29 is 9.47 Å². The minimum absolute atomic E-state index is 0.490. The van der Waals surface area contributed by atoms with Gasteiger partial charge in [0.05, 0.1) is 12.3 Å². The molecule has 0 saturated heterocycles. The third-order valence-electron chi connectivity index (χ3n) is 5.19. The maximum Gasteiger partial charge on any atom is 0.214 e. The zero-order chi connectivity index (χ0) is 24.5. The van der Waals surface area contributed by atoms with Crippen LogP contribution < -0.4 is 14.8 Å². The van der Waals surface area contributed by atoms with E-state index in [-0.39, 0.29) is 0 Å². The number of benzene rings is 3. The zero-order valence-corrected chi connectivity index (χ0v) is 22.2. The fourth-order valence-electron chi connectivity index (χ4n) is 3.38. The van der Waals surface area contributed by atoms with Crippen LogP contribution in [0.3, 0.4) is 0 Å². The van der Waals surface area contributed by atoms with Crippen molar-refractivity contribution in [1.82, 2.24) is 25.5 Å². The molecule has 0 amide bonds. The highest BCUT2D eigenvalue weighted by Crippen LogP contribution is 2.34. The highest BCUT2D eigenvalue weighted by atomic mass is 79.9. The molecule has 1 N–H and O–H groups in total. The van der Waals surface area contributed by atoms with Gasteiger partial charge in [-0.25, -0.2) is 0 Å². The summed E-state index contributed by atoms with van der Waals surface area (Å²) in [4.78, 5) is 0. The number of nitrogens with one attached hydrogen (secondary N) is 1. The molecule has 4 rings (SSSR count). The maximum atomic E-state index is 6.08. The third-order valence-corrected chi connectivity index (χ3v) is 6.85. The molecule has 182 valence electrons. The monoisotopic (exact) mass is 553 g/mol.